The molecule has 1 atom stereocenters. The van der Waals surface area contributed by atoms with E-state index in [9.17, 15) is 13.2 Å². The van der Waals surface area contributed by atoms with Crippen LogP contribution in [0.15, 0.2) is 36.4 Å². The van der Waals surface area contributed by atoms with Gasteiger partial charge in [0.05, 0.1) is 11.5 Å². The lowest BCUT2D eigenvalue weighted by Gasteiger charge is -2.14. The number of ether oxygens (including phenoxy) is 1. The second kappa shape index (κ2) is 6.39. The molecule has 0 N–H and O–H groups in total. The van der Waals surface area contributed by atoms with Crippen LogP contribution in [0.25, 0.3) is 0 Å². The number of benzene rings is 2. The van der Waals surface area contributed by atoms with Crippen molar-refractivity contribution in [1.82, 2.24) is 0 Å². The molecule has 2 aromatic rings. The summed E-state index contributed by atoms with van der Waals surface area (Å²) in [5.41, 5.74) is 0.132. The minimum Gasteiger partial charge on any atom is -0.491 e. The fraction of sp³-hybridized carbons (Fsp3) is 0.250. The minimum atomic E-state index is -1.04. The molecular formula is C16H14ClF3O. The van der Waals surface area contributed by atoms with Crippen LogP contribution in [0.1, 0.15) is 30.4 Å². The maximum absolute atomic E-state index is 13.7. The van der Waals surface area contributed by atoms with Gasteiger partial charge in [-0.3, -0.25) is 0 Å². The van der Waals surface area contributed by atoms with Gasteiger partial charge in [0, 0.05) is 17.7 Å². The zero-order valence-electron chi connectivity index (χ0n) is 11.5. The summed E-state index contributed by atoms with van der Waals surface area (Å²) in [4.78, 5) is 0. The monoisotopic (exact) mass is 314 g/mol. The molecule has 2 aromatic carbocycles. The first-order chi connectivity index (χ1) is 9.88. The van der Waals surface area contributed by atoms with Crippen molar-refractivity contribution < 1.29 is 17.9 Å². The van der Waals surface area contributed by atoms with Crippen molar-refractivity contribution in [3.63, 3.8) is 0 Å². The molecule has 0 aliphatic rings. The van der Waals surface area contributed by atoms with Crippen LogP contribution in [0.5, 0.6) is 5.75 Å². The molecule has 0 fully saturated rings. The summed E-state index contributed by atoms with van der Waals surface area (Å²) in [6.07, 6.45) is 0.0228. The van der Waals surface area contributed by atoms with Crippen LogP contribution in [-0.2, 0) is 0 Å². The second-order valence-corrected chi connectivity index (χ2v) is 5.32. The van der Waals surface area contributed by atoms with E-state index in [1.54, 1.807) is 24.3 Å². The van der Waals surface area contributed by atoms with E-state index >= 15 is 0 Å². The van der Waals surface area contributed by atoms with Gasteiger partial charge in [-0.2, -0.15) is 0 Å². The van der Waals surface area contributed by atoms with E-state index in [4.69, 9.17) is 16.3 Å². The Kier molecular flexibility index (Phi) is 4.78. The molecule has 112 valence electrons. The SMILES string of the molecule is CC(C)Oc1ccc(C(Cl)c2c(F)cc(F)cc2F)cc1. The molecule has 0 radical (unpaired) electrons. The van der Waals surface area contributed by atoms with Gasteiger partial charge >= 0.3 is 0 Å². The van der Waals surface area contributed by atoms with Crippen LogP contribution in [0.4, 0.5) is 13.2 Å². The maximum Gasteiger partial charge on any atom is 0.134 e. The Bertz CT molecular complexity index is 603. The third kappa shape index (κ3) is 3.70. The van der Waals surface area contributed by atoms with Crippen molar-refractivity contribution in [3.05, 3.63) is 65.0 Å². The summed E-state index contributed by atoms with van der Waals surface area (Å²) in [5, 5.41) is -1.04. The molecule has 0 saturated heterocycles. The predicted molar refractivity (Wildman–Crippen MR) is 76.2 cm³/mol. The van der Waals surface area contributed by atoms with Gasteiger partial charge in [0.2, 0.25) is 0 Å². The fourth-order valence-electron chi connectivity index (χ4n) is 1.95. The second-order valence-electron chi connectivity index (χ2n) is 4.88. The van der Waals surface area contributed by atoms with E-state index < -0.39 is 22.8 Å². The van der Waals surface area contributed by atoms with Gasteiger partial charge < -0.3 is 4.74 Å². The topological polar surface area (TPSA) is 9.23 Å². The van der Waals surface area contributed by atoms with E-state index in [1.807, 2.05) is 13.8 Å². The van der Waals surface area contributed by atoms with Gasteiger partial charge in [0.15, 0.2) is 0 Å². The lowest BCUT2D eigenvalue weighted by molar-refractivity contribution is 0.242. The smallest absolute Gasteiger partial charge is 0.134 e. The molecule has 0 aliphatic heterocycles. The van der Waals surface area contributed by atoms with Crippen LogP contribution in [0, 0.1) is 17.5 Å². The van der Waals surface area contributed by atoms with Gasteiger partial charge in [-0.05, 0) is 31.5 Å². The molecule has 0 aliphatic carbocycles. The average molecular weight is 315 g/mol. The average Bonchev–Trinajstić information content (AvgIpc) is 2.37. The molecule has 0 saturated carbocycles. The number of rotatable bonds is 4. The standard InChI is InChI=1S/C16H14ClF3O/c1-9(2)21-12-5-3-10(4-6-12)16(17)15-13(19)7-11(18)8-14(15)20/h3-9,16H,1-2H3. The van der Waals surface area contributed by atoms with Gasteiger partial charge in [-0.1, -0.05) is 12.1 Å². The molecule has 0 bridgehead atoms. The summed E-state index contributed by atoms with van der Waals surface area (Å²) < 4.78 is 45.8. The van der Waals surface area contributed by atoms with Crippen molar-refractivity contribution in [3.8, 4) is 5.75 Å². The van der Waals surface area contributed by atoms with E-state index in [0.29, 0.717) is 23.4 Å². The highest BCUT2D eigenvalue weighted by atomic mass is 35.5. The van der Waals surface area contributed by atoms with Crippen molar-refractivity contribution in [2.24, 2.45) is 0 Å². The lowest BCUT2D eigenvalue weighted by Crippen LogP contribution is -2.06. The molecule has 5 heteroatoms. The van der Waals surface area contributed by atoms with E-state index in [-0.39, 0.29) is 11.7 Å². The Labute approximate surface area is 126 Å². The van der Waals surface area contributed by atoms with Crippen molar-refractivity contribution in [1.29, 1.82) is 0 Å². The van der Waals surface area contributed by atoms with Crippen molar-refractivity contribution >= 4 is 11.6 Å². The Morgan fingerprint density at radius 3 is 1.95 bits per heavy atom. The molecule has 1 nitrogen and oxygen atoms in total. The van der Waals surface area contributed by atoms with E-state index in [0.717, 1.165) is 0 Å². The molecule has 0 aromatic heterocycles. The molecule has 1 unspecified atom stereocenters. The van der Waals surface area contributed by atoms with Crippen LogP contribution in [0.3, 0.4) is 0 Å². The number of hydrogen-bond donors (Lipinski definition) is 0. The summed E-state index contributed by atoms with van der Waals surface area (Å²) in [5.74, 6) is -2.35. The molecule has 2 rings (SSSR count). The zero-order chi connectivity index (χ0) is 15.6. The number of alkyl halides is 1. The van der Waals surface area contributed by atoms with Crippen molar-refractivity contribution in [2.75, 3.05) is 0 Å². The lowest BCUT2D eigenvalue weighted by atomic mass is 10.0. The Balaban J connectivity index is 2.30. The van der Waals surface area contributed by atoms with Gasteiger partial charge in [0.1, 0.15) is 23.2 Å². The zero-order valence-corrected chi connectivity index (χ0v) is 12.3. The number of hydrogen-bond acceptors (Lipinski definition) is 1. The summed E-state index contributed by atoms with van der Waals surface area (Å²) in [6.45, 7) is 3.78. The third-order valence-corrected chi connectivity index (χ3v) is 3.31. The number of halogens is 4. The Morgan fingerprint density at radius 1 is 0.952 bits per heavy atom. The third-order valence-electron chi connectivity index (χ3n) is 2.84. The summed E-state index contributed by atoms with van der Waals surface area (Å²) >= 11 is 6.11. The quantitative estimate of drug-likeness (QED) is 0.703. The van der Waals surface area contributed by atoms with Crippen LogP contribution in [0.2, 0.25) is 0 Å². The first kappa shape index (κ1) is 15.7. The minimum absolute atomic E-state index is 0.0228. The maximum atomic E-state index is 13.7. The largest absolute Gasteiger partial charge is 0.491 e. The van der Waals surface area contributed by atoms with Crippen LogP contribution >= 0.6 is 11.6 Å². The van der Waals surface area contributed by atoms with Gasteiger partial charge in [-0.15, -0.1) is 11.6 Å². The highest BCUT2D eigenvalue weighted by molar-refractivity contribution is 6.22. The predicted octanol–water partition coefficient (Wildman–Crippen LogP) is 5.22. The van der Waals surface area contributed by atoms with Gasteiger partial charge in [0.25, 0.3) is 0 Å². The summed E-state index contributed by atoms with van der Waals surface area (Å²) in [7, 11) is 0. The Morgan fingerprint density at radius 2 is 1.48 bits per heavy atom. The first-order valence-electron chi connectivity index (χ1n) is 6.43. The normalized spacial score (nSPS) is 12.5. The van der Waals surface area contributed by atoms with Crippen LogP contribution < -0.4 is 4.74 Å². The van der Waals surface area contributed by atoms with Gasteiger partial charge in [-0.25, -0.2) is 13.2 Å². The van der Waals surface area contributed by atoms with Crippen LogP contribution in [-0.4, -0.2) is 6.10 Å². The summed E-state index contributed by atoms with van der Waals surface area (Å²) in [6, 6.07) is 7.82. The van der Waals surface area contributed by atoms with Crippen molar-refractivity contribution in [2.45, 2.75) is 25.3 Å². The van der Waals surface area contributed by atoms with E-state index in [1.165, 1.54) is 0 Å². The Hall–Kier alpha value is -1.68. The van der Waals surface area contributed by atoms with E-state index in [2.05, 4.69) is 0 Å². The molecule has 0 spiro atoms. The highest BCUT2D eigenvalue weighted by Crippen LogP contribution is 2.33. The highest BCUT2D eigenvalue weighted by Gasteiger charge is 2.21. The first-order valence-corrected chi connectivity index (χ1v) is 6.87. The fourth-order valence-corrected chi connectivity index (χ4v) is 2.30. The molecule has 21 heavy (non-hydrogen) atoms. The molecule has 0 heterocycles. The molecular weight excluding hydrogens is 301 g/mol. The molecule has 0 amide bonds.